The molecule has 0 amide bonds. The van der Waals surface area contributed by atoms with Gasteiger partial charge in [-0.1, -0.05) is 26.8 Å². The van der Waals surface area contributed by atoms with Crippen LogP contribution in [0.1, 0.15) is 44.7 Å². The molecule has 0 saturated heterocycles. The van der Waals surface area contributed by atoms with Crippen LogP contribution in [0.4, 0.5) is 0 Å². The Morgan fingerprint density at radius 2 is 1.84 bits per heavy atom. The average Bonchev–Trinajstić information content (AvgIpc) is 2.55. The highest BCUT2D eigenvalue weighted by molar-refractivity contribution is 7.89. The van der Waals surface area contributed by atoms with Crippen molar-refractivity contribution in [3.05, 3.63) is 29.3 Å². The summed E-state index contributed by atoms with van der Waals surface area (Å²) >= 11 is 0. The molecule has 0 spiro atoms. The summed E-state index contributed by atoms with van der Waals surface area (Å²) in [6.45, 7) is 6.65. The van der Waals surface area contributed by atoms with E-state index in [-0.39, 0.29) is 18.6 Å². The number of aliphatic carboxylic acids is 1. The summed E-state index contributed by atoms with van der Waals surface area (Å²) in [5, 5.41) is 8.92. The number of hydrogen-bond acceptors (Lipinski definition) is 4. The van der Waals surface area contributed by atoms with Gasteiger partial charge in [-0.3, -0.25) is 9.69 Å². The van der Waals surface area contributed by atoms with Crippen LogP contribution in [0.15, 0.2) is 23.1 Å². The van der Waals surface area contributed by atoms with Crippen molar-refractivity contribution in [1.29, 1.82) is 0 Å². The average molecular weight is 368 g/mol. The molecule has 1 aliphatic rings. The Kier molecular flexibility index (Phi) is 6.59. The van der Waals surface area contributed by atoms with Gasteiger partial charge in [-0.25, -0.2) is 13.1 Å². The lowest BCUT2D eigenvalue weighted by atomic mass is 9.86. The molecule has 6 nitrogen and oxygen atoms in total. The van der Waals surface area contributed by atoms with Crippen LogP contribution in [-0.2, 0) is 27.7 Å². The Bertz CT molecular complexity index is 712. The maximum absolute atomic E-state index is 12.6. The van der Waals surface area contributed by atoms with Gasteiger partial charge in [-0.15, -0.1) is 0 Å². The number of sulfonamides is 1. The number of nitrogens with zero attached hydrogens (tertiary/aromatic N) is 1. The maximum atomic E-state index is 12.6. The van der Waals surface area contributed by atoms with E-state index in [1.165, 1.54) is 5.56 Å². The monoisotopic (exact) mass is 368 g/mol. The fraction of sp³-hybridized carbons (Fsp3) is 0.611. The summed E-state index contributed by atoms with van der Waals surface area (Å²) in [4.78, 5) is 13.0. The highest BCUT2D eigenvalue weighted by atomic mass is 32.2. The minimum Gasteiger partial charge on any atom is -0.480 e. The molecule has 2 N–H and O–H groups in total. The van der Waals surface area contributed by atoms with Crippen molar-refractivity contribution < 1.29 is 18.3 Å². The van der Waals surface area contributed by atoms with Crippen molar-refractivity contribution in [2.45, 2.75) is 63.4 Å². The van der Waals surface area contributed by atoms with E-state index in [4.69, 9.17) is 5.11 Å². The molecule has 2 rings (SSSR count). The summed E-state index contributed by atoms with van der Waals surface area (Å²) in [5.74, 6) is -0.853. The van der Waals surface area contributed by atoms with Gasteiger partial charge >= 0.3 is 5.97 Å². The second-order valence-corrected chi connectivity index (χ2v) is 8.25. The Labute approximate surface area is 150 Å². The third-order valence-corrected chi connectivity index (χ3v) is 6.46. The zero-order valence-corrected chi connectivity index (χ0v) is 16.0. The molecule has 0 aliphatic heterocycles. The first kappa shape index (κ1) is 19.9. The third kappa shape index (κ3) is 4.80. The van der Waals surface area contributed by atoms with Gasteiger partial charge in [0, 0.05) is 12.1 Å². The van der Waals surface area contributed by atoms with Gasteiger partial charge in [-0.05, 0) is 55.5 Å². The smallest absolute Gasteiger partial charge is 0.317 e. The molecule has 1 aromatic rings. The van der Waals surface area contributed by atoms with Gasteiger partial charge in [0.25, 0.3) is 0 Å². The molecule has 0 radical (unpaired) electrons. The van der Waals surface area contributed by atoms with E-state index in [0.29, 0.717) is 24.3 Å². The molecule has 1 saturated carbocycles. The number of benzene rings is 1. The summed E-state index contributed by atoms with van der Waals surface area (Å²) in [5.41, 5.74) is 2.24. The van der Waals surface area contributed by atoms with E-state index < -0.39 is 16.0 Å². The standard InChI is InChI=1S/C18H28N2O4S/c1-4-13-7-8-17(9-14(13)5-2)25(23,24)19-15-10-16(11-15)20(6-3)12-18(21)22/h7-9,15-16,19H,4-6,10-12H2,1-3H3,(H,21,22). The highest BCUT2D eigenvalue weighted by Gasteiger charge is 2.36. The second-order valence-electron chi connectivity index (χ2n) is 6.54. The van der Waals surface area contributed by atoms with Crippen LogP contribution in [-0.4, -0.2) is 49.6 Å². The molecule has 1 aromatic carbocycles. The van der Waals surface area contributed by atoms with Crippen LogP contribution < -0.4 is 4.72 Å². The number of carboxylic acids is 1. The number of aryl methyl sites for hydroxylation is 2. The van der Waals surface area contributed by atoms with Crippen molar-refractivity contribution >= 4 is 16.0 Å². The third-order valence-electron chi connectivity index (χ3n) is 4.95. The van der Waals surface area contributed by atoms with E-state index >= 15 is 0 Å². The minimum absolute atomic E-state index is 0.00102. The van der Waals surface area contributed by atoms with Crippen molar-refractivity contribution in [2.75, 3.05) is 13.1 Å². The molecule has 0 heterocycles. The summed E-state index contributed by atoms with van der Waals surface area (Å²) < 4.78 is 28.0. The molecule has 7 heteroatoms. The molecular weight excluding hydrogens is 340 g/mol. The van der Waals surface area contributed by atoms with Gasteiger partial charge in [-0.2, -0.15) is 0 Å². The van der Waals surface area contributed by atoms with Crippen molar-refractivity contribution in [1.82, 2.24) is 9.62 Å². The van der Waals surface area contributed by atoms with Crippen molar-refractivity contribution in [2.24, 2.45) is 0 Å². The van der Waals surface area contributed by atoms with Crippen LogP contribution in [0.3, 0.4) is 0 Å². The predicted octanol–water partition coefficient (Wildman–Crippen LogP) is 2.03. The Balaban J connectivity index is 2.00. The van der Waals surface area contributed by atoms with Gasteiger partial charge < -0.3 is 5.11 Å². The van der Waals surface area contributed by atoms with Crippen LogP contribution in [0.2, 0.25) is 0 Å². The number of likely N-dealkylation sites (N-methyl/N-ethyl adjacent to an activating group) is 1. The summed E-state index contributed by atoms with van der Waals surface area (Å²) in [6.07, 6.45) is 2.98. The van der Waals surface area contributed by atoms with Crippen LogP contribution >= 0.6 is 0 Å². The normalized spacial score (nSPS) is 20.5. The van der Waals surface area contributed by atoms with Gasteiger partial charge in [0.05, 0.1) is 11.4 Å². The number of carboxylic acid groups (broad SMARTS) is 1. The van der Waals surface area contributed by atoms with Gasteiger partial charge in [0.2, 0.25) is 10.0 Å². The Morgan fingerprint density at radius 3 is 2.36 bits per heavy atom. The first-order valence-electron chi connectivity index (χ1n) is 8.90. The fourth-order valence-electron chi connectivity index (χ4n) is 3.39. The minimum atomic E-state index is -3.54. The molecule has 140 valence electrons. The van der Waals surface area contributed by atoms with Crippen LogP contribution in [0.5, 0.6) is 0 Å². The SMILES string of the molecule is CCc1ccc(S(=O)(=O)NC2CC(N(CC)CC(=O)O)C2)cc1CC. The molecule has 1 aliphatic carbocycles. The Morgan fingerprint density at radius 1 is 1.20 bits per heavy atom. The lowest BCUT2D eigenvalue weighted by Crippen LogP contribution is -2.54. The molecule has 0 unspecified atom stereocenters. The topological polar surface area (TPSA) is 86.7 Å². The molecule has 0 atom stereocenters. The molecule has 1 fully saturated rings. The molecular formula is C18H28N2O4S. The zero-order valence-electron chi connectivity index (χ0n) is 15.2. The first-order chi connectivity index (χ1) is 11.8. The number of hydrogen-bond donors (Lipinski definition) is 2. The number of carbonyl (C=O) groups is 1. The highest BCUT2D eigenvalue weighted by Crippen LogP contribution is 2.27. The van der Waals surface area contributed by atoms with E-state index in [2.05, 4.69) is 11.6 Å². The van der Waals surface area contributed by atoms with Gasteiger partial charge in [0.1, 0.15) is 0 Å². The lowest BCUT2D eigenvalue weighted by Gasteiger charge is -2.42. The largest absolute Gasteiger partial charge is 0.480 e. The number of nitrogens with one attached hydrogen (secondary N) is 1. The second kappa shape index (κ2) is 8.29. The van der Waals surface area contributed by atoms with Crippen molar-refractivity contribution in [3.63, 3.8) is 0 Å². The van der Waals surface area contributed by atoms with Crippen LogP contribution in [0.25, 0.3) is 0 Å². The number of rotatable bonds is 9. The zero-order chi connectivity index (χ0) is 18.6. The van der Waals surface area contributed by atoms with E-state index in [9.17, 15) is 13.2 Å². The van der Waals surface area contributed by atoms with E-state index in [0.717, 1.165) is 18.4 Å². The maximum Gasteiger partial charge on any atom is 0.317 e. The lowest BCUT2D eigenvalue weighted by molar-refractivity contribution is -0.139. The van der Waals surface area contributed by atoms with Crippen molar-refractivity contribution in [3.8, 4) is 0 Å². The van der Waals surface area contributed by atoms with E-state index in [1.54, 1.807) is 12.1 Å². The predicted molar refractivity (Wildman–Crippen MR) is 97.2 cm³/mol. The quantitative estimate of drug-likeness (QED) is 0.696. The van der Waals surface area contributed by atoms with Crippen LogP contribution in [0, 0.1) is 0 Å². The molecule has 0 bridgehead atoms. The summed E-state index contributed by atoms with van der Waals surface area (Å²) in [7, 11) is -3.54. The first-order valence-corrected chi connectivity index (χ1v) is 10.4. The molecule has 0 aromatic heterocycles. The van der Waals surface area contributed by atoms with Gasteiger partial charge in [0.15, 0.2) is 0 Å². The summed E-state index contributed by atoms with van der Waals surface area (Å²) in [6, 6.07) is 5.32. The Hall–Kier alpha value is -1.44. The fourth-order valence-corrected chi connectivity index (χ4v) is 4.70. The van der Waals surface area contributed by atoms with E-state index in [1.807, 2.05) is 24.8 Å². The molecule has 25 heavy (non-hydrogen) atoms.